The highest BCUT2D eigenvalue weighted by atomic mass is 79.9. The lowest BCUT2D eigenvalue weighted by Crippen LogP contribution is -2.30. The van der Waals surface area contributed by atoms with Gasteiger partial charge in [0, 0.05) is 29.3 Å². The SMILES string of the molecule is COc1ccc(Br)cc1C(CN)N(C)c1ccccc1. The molecule has 1 atom stereocenters. The smallest absolute Gasteiger partial charge is 0.124 e. The molecule has 0 saturated carbocycles. The highest BCUT2D eigenvalue weighted by Gasteiger charge is 2.20. The largest absolute Gasteiger partial charge is 0.496 e. The number of halogens is 1. The van der Waals surface area contributed by atoms with Crippen LogP contribution in [0.2, 0.25) is 0 Å². The van der Waals surface area contributed by atoms with Gasteiger partial charge in [0.05, 0.1) is 13.2 Å². The normalized spacial score (nSPS) is 12.0. The summed E-state index contributed by atoms with van der Waals surface area (Å²) in [6, 6.07) is 16.3. The molecule has 3 nitrogen and oxygen atoms in total. The Hall–Kier alpha value is -1.52. The van der Waals surface area contributed by atoms with Crippen molar-refractivity contribution in [2.75, 3.05) is 25.6 Å². The number of likely N-dealkylation sites (N-methyl/N-ethyl adjacent to an activating group) is 1. The lowest BCUT2D eigenvalue weighted by Gasteiger charge is -2.30. The third-order valence-corrected chi connectivity index (χ3v) is 3.90. The number of methoxy groups -OCH3 is 1. The van der Waals surface area contributed by atoms with E-state index in [4.69, 9.17) is 10.5 Å². The average Bonchev–Trinajstić information content (AvgIpc) is 2.49. The van der Waals surface area contributed by atoms with Gasteiger partial charge in [-0.25, -0.2) is 0 Å². The summed E-state index contributed by atoms with van der Waals surface area (Å²) in [5.74, 6) is 0.853. The Morgan fingerprint density at radius 3 is 2.50 bits per heavy atom. The summed E-state index contributed by atoms with van der Waals surface area (Å²) in [5.41, 5.74) is 8.21. The maximum atomic E-state index is 6.00. The van der Waals surface area contributed by atoms with Crippen LogP contribution in [-0.2, 0) is 0 Å². The van der Waals surface area contributed by atoms with Crippen LogP contribution >= 0.6 is 15.9 Å². The summed E-state index contributed by atoms with van der Waals surface area (Å²) in [7, 11) is 3.73. The van der Waals surface area contributed by atoms with Crippen LogP contribution in [-0.4, -0.2) is 20.7 Å². The number of hydrogen-bond acceptors (Lipinski definition) is 3. The van der Waals surface area contributed by atoms with Crippen LogP contribution in [0.1, 0.15) is 11.6 Å². The third kappa shape index (κ3) is 3.14. The van der Waals surface area contributed by atoms with E-state index in [1.54, 1.807) is 7.11 Å². The number of benzene rings is 2. The molecule has 106 valence electrons. The van der Waals surface area contributed by atoms with Crippen LogP contribution in [0, 0.1) is 0 Å². The van der Waals surface area contributed by atoms with Crippen LogP contribution in [0.5, 0.6) is 5.75 Å². The number of para-hydroxylation sites is 1. The number of anilines is 1. The van der Waals surface area contributed by atoms with Crippen LogP contribution in [0.3, 0.4) is 0 Å². The fraction of sp³-hybridized carbons (Fsp3) is 0.250. The molecule has 2 aromatic carbocycles. The van der Waals surface area contributed by atoms with Gasteiger partial charge in [-0.1, -0.05) is 34.1 Å². The zero-order chi connectivity index (χ0) is 14.5. The fourth-order valence-electron chi connectivity index (χ4n) is 2.30. The summed E-state index contributed by atoms with van der Waals surface area (Å²) in [6.45, 7) is 0.512. The Balaban J connectivity index is 2.40. The van der Waals surface area contributed by atoms with Gasteiger partial charge in [-0.3, -0.25) is 0 Å². The number of ether oxygens (including phenoxy) is 1. The summed E-state index contributed by atoms with van der Waals surface area (Å²) < 4.78 is 6.49. The van der Waals surface area contributed by atoms with Gasteiger partial charge in [0.2, 0.25) is 0 Å². The Kier molecular flexibility index (Phi) is 5.04. The van der Waals surface area contributed by atoms with E-state index in [9.17, 15) is 0 Å². The van der Waals surface area contributed by atoms with Gasteiger partial charge in [-0.05, 0) is 30.3 Å². The Labute approximate surface area is 128 Å². The molecule has 0 aliphatic heterocycles. The average molecular weight is 335 g/mol. The van der Waals surface area contributed by atoms with Crippen molar-refractivity contribution in [1.82, 2.24) is 0 Å². The first-order valence-electron chi connectivity index (χ1n) is 6.48. The van der Waals surface area contributed by atoms with Gasteiger partial charge in [0.1, 0.15) is 5.75 Å². The van der Waals surface area contributed by atoms with Crippen LogP contribution in [0.4, 0.5) is 5.69 Å². The zero-order valence-corrected chi connectivity index (χ0v) is 13.3. The predicted molar refractivity (Wildman–Crippen MR) is 87.3 cm³/mol. The minimum absolute atomic E-state index is 0.0600. The Bertz CT molecular complexity index is 560. The lowest BCUT2D eigenvalue weighted by molar-refractivity contribution is 0.405. The van der Waals surface area contributed by atoms with Crippen LogP contribution in [0.25, 0.3) is 0 Å². The van der Waals surface area contributed by atoms with E-state index in [2.05, 4.69) is 39.0 Å². The third-order valence-electron chi connectivity index (χ3n) is 3.40. The predicted octanol–water partition coefficient (Wildman–Crippen LogP) is 3.59. The molecule has 0 bridgehead atoms. The Morgan fingerprint density at radius 1 is 1.20 bits per heavy atom. The summed E-state index contributed by atoms with van der Waals surface area (Å²) in [4.78, 5) is 2.17. The second-order valence-electron chi connectivity index (χ2n) is 4.58. The molecular formula is C16H19BrN2O. The number of hydrogen-bond donors (Lipinski definition) is 1. The number of nitrogens with two attached hydrogens (primary N) is 1. The molecule has 0 aromatic heterocycles. The first-order valence-corrected chi connectivity index (χ1v) is 7.28. The molecule has 0 radical (unpaired) electrons. The van der Waals surface area contributed by atoms with E-state index in [-0.39, 0.29) is 6.04 Å². The highest BCUT2D eigenvalue weighted by molar-refractivity contribution is 9.10. The second-order valence-corrected chi connectivity index (χ2v) is 5.50. The first-order chi connectivity index (χ1) is 9.67. The zero-order valence-electron chi connectivity index (χ0n) is 11.7. The van der Waals surface area contributed by atoms with Gasteiger partial charge >= 0.3 is 0 Å². The van der Waals surface area contributed by atoms with E-state index >= 15 is 0 Å². The number of rotatable bonds is 5. The van der Waals surface area contributed by atoms with E-state index in [1.807, 2.05) is 37.4 Å². The van der Waals surface area contributed by atoms with Crippen molar-refractivity contribution in [2.24, 2.45) is 5.73 Å². The minimum Gasteiger partial charge on any atom is -0.496 e. The van der Waals surface area contributed by atoms with Crippen molar-refractivity contribution in [3.05, 3.63) is 58.6 Å². The molecule has 0 amide bonds. The summed E-state index contributed by atoms with van der Waals surface area (Å²) >= 11 is 3.51. The molecule has 0 saturated heterocycles. The van der Waals surface area contributed by atoms with E-state index in [0.29, 0.717) is 6.54 Å². The van der Waals surface area contributed by atoms with Gasteiger partial charge in [0.25, 0.3) is 0 Å². The maximum Gasteiger partial charge on any atom is 0.124 e. The molecule has 2 aromatic rings. The van der Waals surface area contributed by atoms with Crippen molar-refractivity contribution < 1.29 is 4.74 Å². The van der Waals surface area contributed by atoms with E-state index in [1.165, 1.54) is 0 Å². The fourth-order valence-corrected chi connectivity index (χ4v) is 2.68. The molecule has 0 fully saturated rings. The molecule has 2 rings (SSSR count). The topological polar surface area (TPSA) is 38.5 Å². The molecule has 20 heavy (non-hydrogen) atoms. The van der Waals surface area contributed by atoms with Crippen molar-refractivity contribution in [3.8, 4) is 5.75 Å². The molecule has 0 heterocycles. The standard InChI is InChI=1S/C16H19BrN2O/c1-19(13-6-4-3-5-7-13)15(11-18)14-10-12(17)8-9-16(14)20-2/h3-10,15H,11,18H2,1-2H3. The summed E-state index contributed by atoms with van der Waals surface area (Å²) in [5, 5.41) is 0. The maximum absolute atomic E-state index is 6.00. The molecule has 4 heteroatoms. The van der Waals surface area contributed by atoms with Crippen molar-refractivity contribution in [1.29, 1.82) is 0 Å². The van der Waals surface area contributed by atoms with E-state index < -0.39 is 0 Å². The van der Waals surface area contributed by atoms with Crippen LogP contribution in [0.15, 0.2) is 53.0 Å². The van der Waals surface area contributed by atoms with Crippen molar-refractivity contribution in [2.45, 2.75) is 6.04 Å². The van der Waals surface area contributed by atoms with Gasteiger partial charge in [-0.15, -0.1) is 0 Å². The first kappa shape index (κ1) is 14.9. The quantitative estimate of drug-likeness (QED) is 0.907. The van der Waals surface area contributed by atoms with Gasteiger partial charge in [0.15, 0.2) is 0 Å². The van der Waals surface area contributed by atoms with E-state index in [0.717, 1.165) is 21.5 Å². The van der Waals surface area contributed by atoms with Crippen molar-refractivity contribution >= 4 is 21.6 Å². The van der Waals surface area contributed by atoms with Gasteiger partial charge < -0.3 is 15.4 Å². The molecular weight excluding hydrogens is 316 g/mol. The molecule has 0 aliphatic rings. The van der Waals surface area contributed by atoms with Crippen LogP contribution < -0.4 is 15.4 Å². The highest BCUT2D eigenvalue weighted by Crippen LogP contribution is 2.33. The van der Waals surface area contributed by atoms with Gasteiger partial charge in [-0.2, -0.15) is 0 Å². The van der Waals surface area contributed by atoms with Crippen molar-refractivity contribution in [3.63, 3.8) is 0 Å². The molecule has 0 aliphatic carbocycles. The molecule has 0 spiro atoms. The summed E-state index contributed by atoms with van der Waals surface area (Å²) in [6.07, 6.45) is 0. The molecule has 2 N–H and O–H groups in total. The monoisotopic (exact) mass is 334 g/mol. The minimum atomic E-state index is 0.0600. The lowest BCUT2D eigenvalue weighted by atomic mass is 10.0. The Morgan fingerprint density at radius 2 is 1.90 bits per heavy atom. The second kappa shape index (κ2) is 6.77. The number of nitrogens with zero attached hydrogens (tertiary/aromatic N) is 1. The molecule has 1 unspecified atom stereocenters.